The average molecular weight is 220 g/mol. The quantitative estimate of drug-likeness (QED) is 0.776. The second-order valence-corrected chi connectivity index (χ2v) is 3.85. The molecule has 0 fully saturated rings. The molecule has 1 rings (SSSR count). The molecular weight excluding hydrogens is 204 g/mol. The fraction of sp³-hybridized carbons (Fsp3) is 0.333. The van der Waals surface area contributed by atoms with Gasteiger partial charge in [0.2, 0.25) is 11.8 Å². The van der Waals surface area contributed by atoms with Gasteiger partial charge in [-0.2, -0.15) is 0 Å². The van der Waals surface area contributed by atoms with Crippen molar-refractivity contribution in [3.8, 4) is 0 Å². The van der Waals surface area contributed by atoms with Gasteiger partial charge >= 0.3 is 0 Å². The van der Waals surface area contributed by atoms with Crippen LogP contribution in [-0.2, 0) is 16.0 Å². The molecule has 1 aromatic carbocycles. The van der Waals surface area contributed by atoms with Gasteiger partial charge in [-0.25, -0.2) is 0 Å². The normalized spacial score (nSPS) is 11.9. The standard InChI is InChI=1S/C12H16N2O2/c1-8-3-5-10(6-4-8)7-11(12(13)16)14-9(2)15/h3-6,11H,7H2,1-2H3,(H2,13,16)(H,14,15)/t11-/m0/s1. The highest BCUT2D eigenvalue weighted by atomic mass is 16.2. The summed E-state index contributed by atoms with van der Waals surface area (Å²) in [7, 11) is 0. The first kappa shape index (κ1) is 12.2. The number of benzene rings is 1. The number of carbonyl (C=O) groups excluding carboxylic acids is 2. The van der Waals surface area contributed by atoms with Crippen molar-refractivity contribution >= 4 is 11.8 Å². The third-order valence-electron chi connectivity index (χ3n) is 2.28. The van der Waals surface area contributed by atoms with Crippen molar-refractivity contribution in [2.24, 2.45) is 5.73 Å². The Morgan fingerprint density at radius 3 is 2.31 bits per heavy atom. The first-order valence-electron chi connectivity index (χ1n) is 5.11. The van der Waals surface area contributed by atoms with Crippen LogP contribution >= 0.6 is 0 Å². The Labute approximate surface area is 94.8 Å². The number of hydrogen-bond donors (Lipinski definition) is 2. The largest absolute Gasteiger partial charge is 0.368 e. The van der Waals surface area contributed by atoms with E-state index < -0.39 is 11.9 Å². The minimum absolute atomic E-state index is 0.254. The van der Waals surface area contributed by atoms with Crippen LogP contribution in [0.5, 0.6) is 0 Å². The van der Waals surface area contributed by atoms with E-state index in [-0.39, 0.29) is 5.91 Å². The molecule has 0 radical (unpaired) electrons. The Morgan fingerprint density at radius 1 is 1.31 bits per heavy atom. The Bertz CT molecular complexity index is 385. The van der Waals surface area contributed by atoms with Crippen molar-refractivity contribution < 1.29 is 9.59 Å². The summed E-state index contributed by atoms with van der Waals surface area (Å²) in [5.74, 6) is -0.772. The second-order valence-electron chi connectivity index (χ2n) is 3.85. The minimum atomic E-state index is -0.639. The molecule has 0 saturated heterocycles. The van der Waals surface area contributed by atoms with Gasteiger partial charge in [0.25, 0.3) is 0 Å². The van der Waals surface area contributed by atoms with Crippen LogP contribution < -0.4 is 11.1 Å². The third kappa shape index (κ3) is 3.73. The SMILES string of the molecule is CC(=O)N[C@@H](Cc1ccc(C)cc1)C(N)=O. The highest BCUT2D eigenvalue weighted by molar-refractivity contribution is 5.85. The van der Waals surface area contributed by atoms with E-state index in [1.165, 1.54) is 6.92 Å². The number of aryl methyl sites for hydroxylation is 1. The zero-order valence-corrected chi connectivity index (χ0v) is 9.49. The van der Waals surface area contributed by atoms with Crippen molar-refractivity contribution in [1.29, 1.82) is 0 Å². The predicted molar refractivity (Wildman–Crippen MR) is 61.7 cm³/mol. The lowest BCUT2D eigenvalue weighted by molar-refractivity contribution is -0.126. The van der Waals surface area contributed by atoms with Crippen LogP contribution in [0.1, 0.15) is 18.1 Å². The molecule has 0 heterocycles. The second kappa shape index (κ2) is 5.30. The monoisotopic (exact) mass is 220 g/mol. The fourth-order valence-electron chi connectivity index (χ4n) is 1.43. The molecule has 0 aromatic heterocycles. The highest BCUT2D eigenvalue weighted by Crippen LogP contribution is 2.06. The van der Waals surface area contributed by atoms with Gasteiger partial charge in [0.1, 0.15) is 6.04 Å². The molecule has 0 aliphatic rings. The van der Waals surface area contributed by atoms with E-state index in [1.807, 2.05) is 31.2 Å². The first-order chi connectivity index (χ1) is 7.49. The van der Waals surface area contributed by atoms with Gasteiger partial charge in [-0.3, -0.25) is 9.59 Å². The van der Waals surface area contributed by atoms with E-state index >= 15 is 0 Å². The van der Waals surface area contributed by atoms with E-state index in [4.69, 9.17) is 5.73 Å². The number of amides is 2. The number of nitrogens with one attached hydrogen (secondary N) is 1. The van der Waals surface area contributed by atoms with E-state index in [9.17, 15) is 9.59 Å². The zero-order valence-electron chi connectivity index (χ0n) is 9.49. The number of carbonyl (C=O) groups is 2. The first-order valence-corrected chi connectivity index (χ1v) is 5.11. The van der Waals surface area contributed by atoms with Crippen molar-refractivity contribution in [3.63, 3.8) is 0 Å². The number of rotatable bonds is 4. The van der Waals surface area contributed by atoms with Crippen molar-refractivity contribution in [3.05, 3.63) is 35.4 Å². The number of nitrogens with two attached hydrogens (primary N) is 1. The molecule has 86 valence electrons. The van der Waals surface area contributed by atoms with Gasteiger partial charge in [-0.15, -0.1) is 0 Å². The number of hydrogen-bond acceptors (Lipinski definition) is 2. The Kier molecular flexibility index (Phi) is 4.05. The molecule has 3 N–H and O–H groups in total. The van der Waals surface area contributed by atoms with Gasteiger partial charge in [0, 0.05) is 13.3 Å². The van der Waals surface area contributed by atoms with Gasteiger partial charge < -0.3 is 11.1 Å². The summed E-state index contributed by atoms with van der Waals surface area (Å²) >= 11 is 0. The maximum atomic E-state index is 11.1. The van der Waals surface area contributed by atoms with E-state index in [0.29, 0.717) is 6.42 Å². The lowest BCUT2D eigenvalue weighted by atomic mass is 10.0. The summed E-state index contributed by atoms with van der Waals surface area (Å²) in [6.07, 6.45) is 0.426. The van der Waals surface area contributed by atoms with Crippen molar-refractivity contribution in [2.75, 3.05) is 0 Å². The molecule has 0 spiro atoms. The highest BCUT2D eigenvalue weighted by Gasteiger charge is 2.16. The van der Waals surface area contributed by atoms with Crippen LogP contribution in [0.2, 0.25) is 0 Å². The maximum absolute atomic E-state index is 11.1. The molecule has 0 bridgehead atoms. The van der Waals surface area contributed by atoms with E-state index in [2.05, 4.69) is 5.32 Å². The van der Waals surface area contributed by atoms with Gasteiger partial charge in [-0.05, 0) is 12.5 Å². The molecular formula is C12H16N2O2. The van der Waals surface area contributed by atoms with Crippen LogP contribution in [0.25, 0.3) is 0 Å². The Morgan fingerprint density at radius 2 is 1.88 bits per heavy atom. The molecule has 0 aliphatic carbocycles. The molecule has 0 aliphatic heterocycles. The fourth-order valence-corrected chi connectivity index (χ4v) is 1.43. The van der Waals surface area contributed by atoms with E-state index in [1.54, 1.807) is 0 Å². The van der Waals surface area contributed by atoms with Gasteiger partial charge in [0.05, 0.1) is 0 Å². The van der Waals surface area contributed by atoms with Crippen LogP contribution in [0.4, 0.5) is 0 Å². The lowest BCUT2D eigenvalue weighted by Crippen LogP contribution is -2.44. The lowest BCUT2D eigenvalue weighted by Gasteiger charge is -2.14. The Hall–Kier alpha value is -1.84. The summed E-state index contributed by atoms with van der Waals surface area (Å²) in [5.41, 5.74) is 7.34. The molecule has 1 aromatic rings. The van der Waals surface area contributed by atoms with Crippen LogP contribution in [0, 0.1) is 6.92 Å². The third-order valence-corrected chi connectivity index (χ3v) is 2.28. The molecule has 0 unspecified atom stereocenters. The minimum Gasteiger partial charge on any atom is -0.368 e. The number of primary amides is 1. The molecule has 16 heavy (non-hydrogen) atoms. The summed E-state index contributed by atoms with van der Waals surface area (Å²) < 4.78 is 0. The van der Waals surface area contributed by atoms with Crippen LogP contribution in [0.15, 0.2) is 24.3 Å². The average Bonchev–Trinajstić information content (AvgIpc) is 2.19. The smallest absolute Gasteiger partial charge is 0.240 e. The molecule has 4 nitrogen and oxygen atoms in total. The summed E-state index contributed by atoms with van der Waals surface area (Å²) in [6.45, 7) is 3.36. The summed E-state index contributed by atoms with van der Waals surface area (Å²) in [5, 5.41) is 2.53. The summed E-state index contributed by atoms with van der Waals surface area (Å²) in [4.78, 5) is 22.0. The van der Waals surface area contributed by atoms with Crippen LogP contribution in [0.3, 0.4) is 0 Å². The maximum Gasteiger partial charge on any atom is 0.240 e. The topological polar surface area (TPSA) is 72.2 Å². The van der Waals surface area contributed by atoms with Crippen molar-refractivity contribution in [2.45, 2.75) is 26.3 Å². The predicted octanol–water partition coefficient (Wildman–Crippen LogP) is 0.528. The molecule has 2 amide bonds. The van der Waals surface area contributed by atoms with Crippen molar-refractivity contribution in [1.82, 2.24) is 5.32 Å². The summed E-state index contributed by atoms with van der Waals surface area (Å²) in [6, 6.07) is 7.13. The Balaban J connectivity index is 2.71. The van der Waals surface area contributed by atoms with Crippen LogP contribution in [-0.4, -0.2) is 17.9 Å². The van der Waals surface area contributed by atoms with Gasteiger partial charge in [0.15, 0.2) is 0 Å². The molecule has 1 atom stereocenters. The van der Waals surface area contributed by atoms with Gasteiger partial charge in [-0.1, -0.05) is 29.8 Å². The van der Waals surface area contributed by atoms with E-state index in [0.717, 1.165) is 11.1 Å². The zero-order chi connectivity index (χ0) is 12.1. The molecule has 0 saturated carbocycles. The molecule has 4 heteroatoms.